The molecule has 2 aromatic heterocycles. The Morgan fingerprint density at radius 2 is 1.13 bits per heavy atom. The maximum atomic E-state index is 7.13. The zero-order valence-electron chi connectivity index (χ0n) is 25.7. The summed E-state index contributed by atoms with van der Waals surface area (Å²) < 4.78 is 12.0. The summed E-state index contributed by atoms with van der Waals surface area (Å²) in [5.74, 6) is 1.83. The molecule has 1 unspecified atom stereocenters. The molecule has 0 amide bonds. The molecule has 0 radical (unpaired) electrons. The normalized spacial score (nSPS) is 16.0. The molecule has 0 saturated carbocycles. The molecule has 3 nitrogen and oxygen atoms in total. The molecular weight excluding hydrogens is 572 g/mol. The van der Waals surface area contributed by atoms with E-state index in [-0.39, 0.29) is 0 Å². The average molecular weight is 601 g/mol. The molecular formula is C44H28N2O. The number of rotatable bonds is 1. The molecule has 1 atom stereocenters. The van der Waals surface area contributed by atoms with Crippen molar-refractivity contribution < 1.29 is 4.74 Å². The Kier molecular flexibility index (Phi) is 4.71. The molecule has 0 saturated heterocycles. The van der Waals surface area contributed by atoms with Gasteiger partial charge in [-0.1, -0.05) is 115 Å². The van der Waals surface area contributed by atoms with Gasteiger partial charge in [0, 0.05) is 33.0 Å². The molecule has 2 aliphatic rings. The minimum atomic E-state index is -0.591. The third-order valence-electron chi connectivity index (χ3n) is 10.6. The van der Waals surface area contributed by atoms with E-state index in [1.807, 2.05) is 0 Å². The zero-order chi connectivity index (χ0) is 30.9. The molecule has 47 heavy (non-hydrogen) atoms. The summed E-state index contributed by atoms with van der Waals surface area (Å²) in [5.41, 5.74) is 12.7. The average Bonchev–Trinajstić information content (AvgIpc) is 3.65. The number of nitrogens with zero attached hydrogens (tertiary/aromatic N) is 2. The number of aromatic nitrogens is 2. The SMILES string of the molecule is Cc1ccc(-n2c3ccccc3c3c4c(ccc32)C2(c3ccccc3O4)c3ccccc3-n3c4ccccc4c4cccc2c43)cc1. The van der Waals surface area contributed by atoms with Gasteiger partial charge in [-0.05, 0) is 60.5 Å². The van der Waals surface area contributed by atoms with E-state index in [9.17, 15) is 0 Å². The number of aryl methyl sites for hydroxylation is 1. The molecule has 9 aromatic rings. The maximum Gasteiger partial charge on any atom is 0.142 e. The Balaban J connectivity index is 1.36. The lowest BCUT2D eigenvalue weighted by Gasteiger charge is -2.45. The first-order valence-electron chi connectivity index (χ1n) is 16.3. The van der Waals surface area contributed by atoms with Crippen molar-refractivity contribution in [3.63, 3.8) is 0 Å². The predicted octanol–water partition coefficient (Wildman–Crippen LogP) is 11.0. The fourth-order valence-corrected chi connectivity index (χ4v) is 8.81. The highest BCUT2D eigenvalue weighted by Gasteiger charge is 2.50. The number of hydrogen-bond acceptors (Lipinski definition) is 1. The molecule has 11 rings (SSSR count). The second kappa shape index (κ2) is 8.80. The van der Waals surface area contributed by atoms with Crippen molar-refractivity contribution in [2.24, 2.45) is 0 Å². The van der Waals surface area contributed by atoms with Crippen molar-refractivity contribution in [1.29, 1.82) is 0 Å². The molecule has 0 aliphatic carbocycles. The summed E-state index contributed by atoms with van der Waals surface area (Å²) in [6.07, 6.45) is 0. The van der Waals surface area contributed by atoms with Crippen LogP contribution in [0.4, 0.5) is 0 Å². The van der Waals surface area contributed by atoms with Gasteiger partial charge < -0.3 is 13.9 Å². The van der Waals surface area contributed by atoms with Gasteiger partial charge in [0.1, 0.15) is 11.5 Å². The summed E-state index contributed by atoms with van der Waals surface area (Å²) in [6, 6.07) is 55.5. The van der Waals surface area contributed by atoms with Crippen LogP contribution >= 0.6 is 0 Å². The van der Waals surface area contributed by atoms with E-state index in [2.05, 4.69) is 168 Å². The van der Waals surface area contributed by atoms with Gasteiger partial charge in [0.05, 0.1) is 38.6 Å². The van der Waals surface area contributed by atoms with Crippen LogP contribution in [0.3, 0.4) is 0 Å². The van der Waals surface area contributed by atoms with E-state index in [0.717, 1.165) is 28.1 Å². The topological polar surface area (TPSA) is 19.1 Å². The van der Waals surface area contributed by atoms with Gasteiger partial charge >= 0.3 is 0 Å². The van der Waals surface area contributed by atoms with Crippen molar-refractivity contribution in [2.45, 2.75) is 12.3 Å². The van der Waals surface area contributed by atoms with Crippen LogP contribution in [0.15, 0.2) is 152 Å². The molecule has 2 aliphatic heterocycles. The number of fused-ring (bicyclic) bond motifs is 15. The first kappa shape index (κ1) is 25.2. The van der Waals surface area contributed by atoms with Gasteiger partial charge in [-0.2, -0.15) is 0 Å². The number of ether oxygens (including phenoxy) is 1. The monoisotopic (exact) mass is 600 g/mol. The van der Waals surface area contributed by atoms with Crippen LogP contribution in [-0.2, 0) is 5.41 Å². The van der Waals surface area contributed by atoms with E-state index >= 15 is 0 Å². The second-order valence-electron chi connectivity index (χ2n) is 12.9. The van der Waals surface area contributed by atoms with Gasteiger partial charge in [-0.15, -0.1) is 0 Å². The minimum absolute atomic E-state index is 0.591. The molecule has 0 fully saturated rings. The van der Waals surface area contributed by atoms with Crippen LogP contribution in [0, 0.1) is 6.92 Å². The molecule has 3 heteroatoms. The highest BCUT2D eigenvalue weighted by molar-refractivity contribution is 6.15. The van der Waals surface area contributed by atoms with Crippen LogP contribution in [-0.4, -0.2) is 9.13 Å². The van der Waals surface area contributed by atoms with Crippen LogP contribution in [0.5, 0.6) is 11.5 Å². The maximum absolute atomic E-state index is 7.13. The highest BCUT2D eigenvalue weighted by Crippen LogP contribution is 2.61. The Morgan fingerprint density at radius 1 is 0.468 bits per heavy atom. The lowest BCUT2D eigenvalue weighted by molar-refractivity contribution is 0.439. The van der Waals surface area contributed by atoms with E-state index in [1.165, 1.54) is 66.2 Å². The van der Waals surface area contributed by atoms with Gasteiger partial charge in [-0.3, -0.25) is 0 Å². The third kappa shape index (κ3) is 2.98. The smallest absolute Gasteiger partial charge is 0.142 e. The molecule has 220 valence electrons. The zero-order valence-corrected chi connectivity index (χ0v) is 25.7. The van der Waals surface area contributed by atoms with Crippen molar-refractivity contribution in [1.82, 2.24) is 9.13 Å². The molecule has 1 spiro atoms. The Hall–Kier alpha value is -6.06. The van der Waals surface area contributed by atoms with Crippen molar-refractivity contribution in [3.05, 3.63) is 179 Å². The van der Waals surface area contributed by atoms with Crippen LogP contribution in [0.2, 0.25) is 0 Å². The summed E-state index contributed by atoms with van der Waals surface area (Å²) in [5, 5.41) is 4.87. The van der Waals surface area contributed by atoms with Gasteiger partial charge in [0.2, 0.25) is 0 Å². The van der Waals surface area contributed by atoms with Crippen LogP contribution in [0.1, 0.15) is 27.8 Å². The lowest BCUT2D eigenvalue weighted by atomic mass is 9.61. The predicted molar refractivity (Wildman–Crippen MR) is 192 cm³/mol. The van der Waals surface area contributed by atoms with Crippen molar-refractivity contribution in [2.75, 3.05) is 0 Å². The molecule has 0 N–H and O–H groups in total. The largest absolute Gasteiger partial charge is 0.456 e. The lowest BCUT2D eigenvalue weighted by Crippen LogP contribution is -2.37. The highest BCUT2D eigenvalue weighted by atomic mass is 16.5. The van der Waals surface area contributed by atoms with Gasteiger partial charge in [0.15, 0.2) is 0 Å². The van der Waals surface area contributed by atoms with E-state index in [4.69, 9.17) is 4.74 Å². The van der Waals surface area contributed by atoms with Crippen LogP contribution in [0.25, 0.3) is 55.0 Å². The summed E-state index contributed by atoms with van der Waals surface area (Å²) >= 11 is 0. The molecule has 0 bridgehead atoms. The summed E-state index contributed by atoms with van der Waals surface area (Å²) in [7, 11) is 0. The first-order chi connectivity index (χ1) is 23.2. The number of hydrogen-bond donors (Lipinski definition) is 0. The third-order valence-corrected chi connectivity index (χ3v) is 10.6. The Bertz CT molecular complexity index is 2780. The van der Waals surface area contributed by atoms with Crippen molar-refractivity contribution in [3.8, 4) is 22.9 Å². The van der Waals surface area contributed by atoms with Crippen LogP contribution < -0.4 is 4.74 Å². The van der Waals surface area contributed by atoms with E-state index < -0.39 is 5.41 Å². The van der Waals surface area contributed by atoms with Gasteiger partial charge in [0.25, 0.3) is 0 Å². The fourth-order valence-electron chi connectivity index (χ4n) is 8.81. The standard InChI is InChI=1S/C44H28N2O/c1-27-21-23-28(24-22-27)45-37-18-7-3-12-31(37)41-39(45)26-25-35-43(41)47-40-20-9-5-15-33(40)44(35)32-14-4-8-19-38(32)46-36-17-6-2-11-29(36)30-13-10-16-34(44)42(30)46/h2-26H,1H3. The molecule has 7 aromatic carbocycles. The molecule has 4 heterocycles. The summed E-state index contributed by atoms with van der Waals surface area (Å²) in [6.45, 7) is 2.14. The van der Waals surface area contributed by atoms with E-state index in [1.54, 1.807) is 0 Å². The number of para-hydroxylation sites is 5. The Morgan fingerprint density at radius 3 is 1.98 bits per heavy atom. The van der Waals surface area contributed by atoms with Gasteiger partial charge in [-0.25, -0.2) is 0 Å². The van der Waals surface area contributed by atoms with Crippen molar-refractivity contribution >= 4 is 43.6 Å². The minimum Gasteiger partial charge on any atom is -0.456 e. The summed E-state index contributed by atoms with van der Waals surface area (Å²) in [4.78, 5) is 0. The quantitative estimate of drug-likeness (QED) is 0.183. The fraction of sp³-hybridized carbons (Fsp3) is 0.0455. The first-order valence-corrected chi connectivity index (χ1v) is 16.3. The number of benzene rings is 7. The van der Waals surface area contributed by atoms with E-state index in [0.29, 0.717) is 0 Å². The Labute approximate surface area is 271 Å². The second-order valence-corrected chi connectivity index (χ2v) is 12.9.